The highest BCUT2D eigenvalue weighted by Gasteiger charge is 2.29. The molecule has 3 heterocycles. The molecule has 0 radical (unpaired) electrons. The summed E-state index contributed by atoms with van der Waals surface area (Å²) in [7, 11) is 1.81. The van der Waals surface area contributed by atoms with Crippen molar-refractivity contribution in [3.63, 3.8) is 0 Å². The summed E-state index contributed by atoms with van der Waals surface area (Å²) in [6.07, 6.45) is 4.60. The molecule has 134 valence electrons. The van der Waals surface area contributed by atoms with Crippen molar-refractivity contribution in [2.24, 2.45) is 13.0 Å². The van der Waals surface area contributed by atoms with E-state index in [0.717, 1.165) is 43.1 Å². The highest BCUT2D eigenvalue weighted by Crippen LogP contribution is 2.25. The smallest absolute Gasteiger partial charge is 0.272 e. The van der Waals surface area contributed by atoms with E-state index in [2.05, 4.69) is 33.7 Å². The monoisotopic (exact) mass is 349 g/mol. The molecule has 1 unspecified atom stereocenters. The molecule has 1 fully saturated rings. The maximum Gasteiger partial charge on any atom is 0.272 e. The predicted octanol–water partition coefficient (Wildman–Crippen LogP) is 2.75. The second-order valence-electron chi connectivity index (χ2n) is 6.95. The Balaban J connectivity index is 1.49. The Morgan fingerprint density at radius 1 is 1.23 bits per heavy atom. The number of hydrogen-bond acceptors (Lipinski definition) is 3. The number of rotatable bonds is 4. The van der Waals surface area contributed by atoms with Gasteiger partial charge in [0.15, 0.2) is 0 Å². The zero-order chi connectivity index (χ0) is 18.1. The van der Waals surface area contributed by atoms with Crippen molar-refractivity contribution in [1.29, 1.82) is 0 Å². The zero-order valence-corrected chi connectivity index (χ0v) is 15.2. The maximum atomic E-state index is 12.7. The molecule has 1 aromatic carbocycles. The van der Waals surface area contributed by atoms with Crippen molar-refractivity contribution in [3.8, 4) is 11.4 Å². The highest BCUT2D eigenvalue weighted by atomic mass is 16.2. The van der Waals surface area contributed by atoms with Crippen LogP contribution >= 0.6 is 0 Å². The molecule has 1 amide bonds. The third-order valence-corrected chi connectivity index (χ3v) is 5.14. The molecule has 0 spiro atoms. The molecule has 1 atom stereocenters. The minimum absolute atomic E-state index is 0.0677. The topological polar surface area (TPSA) is 56.0 Å². The van der Waals surface area contributed by atoms with Crippen LogP contribution in [0.4, 0.5) is 0 Å². The Hall–Kier alpha value is -2.89. The van der Waals surface area contributed by atoms with Gasteiger partial charge in [0, 0.05) is 50.3 Å². The first kappa shape index (κ1) is 16.6. The molecule has 3 aromatic rings. The number of carbonyl (C=O) groups excluding carboxylic acids is 1. The average Bonchev–Trinajstić information content (AvgIpc) is 3.37. The summed E-state index contributed by atoms with van der Waals surface area (Å²) in [5, 5.41) is 4.10. The quantitative estimate of drug-likeness (QED) is 0.728. The molecule has 0 saturated carbocycles. The fourth-order valence-corrected chi connectivity index (χ4v) is 3.68. The summed E-state index contributed by atoms with van der Waals surface area (Å²) < 4.78 is 3.92. The molecule has 0 aliphatic carbocycles. The van der Waals surface area contributed by atoms with Gasteiger partial charge in [-0.25, -0.2) is 4.98 Å². The predicted molar refractivity (Wildman–Crippen MR) is 99.6 cm³/mol. The highest BCUT2D eigenvalue weighted by molar-refractivity contribution is 5.92. The molecule has 6 nitrogen and oxygen atoms in total. The third kappa shape index (κ3) is 3.03. The lowest BCUT2D eigenvalue weighted by Crippen LogP contribution is -2.30. The molecular weight excluding hydrogens is 326 g/mol. The van der Waals surface area contributed by atoms with Gasteiger partial charge in [-0.2, -0.15) is 5.10 Å². The van der Waals surface area contributed by atoms with E-state index in [-0.39, 0.29) is 5.91 Å². The fraction of sp³-hybridized carbons (Fsp3) is 0.350. The van der Waals surface area contributed by atoms with E-state index in [1.807, 2.05) is 36.3 Å². The Morgan fingerprint density at radius 3 is 2.77 bits per heavy atom. The van der Waals surface area contributed by atoms with Crippen molar-refractivity contribution in [1.82, 2.24) is 24.2 Å². The van der Waals surface area contributed by atoms with E-state index in [0.29, 0.717) is 11.6 Å². The molecule has 2 aromatic heterocycles. The fourth-order valence-electron chi connectivity index (χ4n) is 3.68. The van der Waals surface area contributed by atoms with E-state index in [1.54, 1.807) is 16.9 Å². The first-order valence-electron chi connectivity index (χ1n) is 8.98. The number of carbonyl (C=O) groups is 1. The maximum absolute atomic E-state index is 12.7. The van der Waals surface area contributed by atoms with Crippen molar-refractivity contribution in [2.75, 3.05) is 13.1 Å². The van der Waals surface area contributed by atoms with Gasteiger partial charge in [0.05, 0.1) is 0 Å². The van der Waals surface area contributed by atoms with Crippen LogP contribution in [0, 0.1) is 12.8 Å². The molecule has 1 aliphatic heterocycles. The first-order valence-corrected chi connectivity index (χ1v) is 8.98. The van der Waals surface area contributed by atoms with Crippen LogP contribution in [0.25, 0.3) is 11.4 Å². The summed E-state index contributed by atoms with van der Waals surface area (Å²) in [6, 6.07) is 12.0. The van der Waals surface area contributed by atoms with Crippen molar-refractivity contribution in [2.45, 2.75) is 19.9 Å². The number of nitrogens with zero attached hydrogens (tertiary/aromatic N) is 5. The van der Waals surface area contributed by atoms with Gasteiger partial charge in [-0.3, -0.25) is 9.48 Å². The van der Waals surface area contributed by atoms with Crippen LogP contribution in [0.3, 0.4) is 0 Å². The Morgan fingerprint density at radius 2 is 2.04 bits per heavy atom. The van der Waals surface area contributed by atoms with Gasteiger partial charge in [-0.05, 0) is 25.3 Å². The van der Waals surface area contributed by atoms with E-state index in [4.69, 9.17) is 0 Å². The number of aromatic nitrogens is 4. The van der Waals surface area contributed by atoms with Gasteiger partial charge >= 0.3 is 0 Å². The van der Waals surface area contributed by atoms with Gasteiger partial charge in [0.25, 0.3) is 5.91 Å². The molecule has 1 aliphatic rings. The van der Waals surface area contributed by atoms with Crippen LogP contribution in [0.15, 0.2) is 48.8 Å². The first-order chi connectivity index (χ1) is 12.6. The largest absolute Gasteiger partial charge is 0.337 e. The molecule has 0 bridgehead atoms. The molecule has 6 heteroatoms. The van der Waals surface area contributed by atoms with Crippen LogP contribution in [0.2, 0.25) is 0 Å². The second kappa shape index (κ2) is 6.78. The van der Waals surface area contributed by atoms with Gasteiger partial charge in [-0.1, -0.05) is 30.3 Å². The summed E-state index contributed by atoms with van der Waals surface area (Å²) >= 11 is 0. The lowest BCUT2D eigenvalue weighted by molar-refractivity contribution is 0.0775. The van der Waals surface area contributed by atoms with Gasteiger partial charge in [0.2, 0.25) is 0 Å². The second-order valence-corrected chi connectivity index (χ2v) is 6.95. The Kier molecular flexibility index (Phi) is 4.32. The number of amides is 1. The van der Waals surface area contributed by atoms with Crippen LogP contribution < -0.4 is 0 Å². The lowest BCUT2D eigenvalue weighted by Gasteiger charge is -2.18. The number of hydrogen-bond donors (Lipinski definition) is 0. The standard InChI is InChI=1S/C20H23N5O/c1-15-12-21-19(17-6-4-3-5-7-17)25(15)14-16-9-11-24(13-16)20(26)18-8-10-22-23(18)2/h3-8,10,12,16H,9,11,13-14H2,1-2H3. The summed E-state index contributed by atoms with van der Waals surface area (Å²) in [5.74, 6) is 1.50. The SMILES string of the molecule is Cc1cnc(-c2ccccc2)n1CC1CCN(C(=O)c2ccnn2C)C1. The lowest BCUT2D eigenvalue weighted by atomic mass is 10.1. The van der Waals surface area contributed by atoms with Crippen molar-refractivity contribution < 1.29 is 4.79 Å². The molecule has 1 saturated heterocycles. The molecule has 0 N–H and O–H groups in total. The van der Waals surface area contributed by atoms with Gasteiger partial charge in [-0.15, -0.1) is 0 Å². The molecule has 4 rings (SSSR count). The summed E-state index contributed by atoms with van der Waals surface area (Å²) in [5.41, 5.74) is 2.93. The number of imidazole rings is 1. The minimum atomic E-state index is 0.0677. The van der Waals surface area contributed by atoms with Crippen molar-refractivity contribution >= 4 is 5.91 Å². The van der Waals surface area contributed by atoms with Gasteiger partial charge in [0.1, 0.15) is 11.5 Å². The number of benzene rings is 1. The van der Waals surface area contributed by atoms with E-state index in [9.17, 15) is 4.79 Å². The third-order valence-electron chi connectivity index (χ3n) is 5.14. The zero-order valence-electron chi connectivity index (χ0n) is 15.2. The van der Waals surface area contributed by atoms with E-state index in [1.165, 1.54) is 0 Å². The van der Waals surface area contributed by atoms with Crippen LogP contribution in [0.5, 0.6) is 0 Å². The minimum Gasteiger partial charge on any atom is -0.337 e. The van der Waals surface area contributed by atoms with E-state index < -0.39 is 0 Å². The van der Waals surface area contributed by atoms with E-state index >= 15 is 0 Å². The molecular formula is C20H23N5O. The average molecular weight is 349 g/mol. The van der Waals surface area contributed by atoms with Gasteiger partial charge < -0.3 is 9.47 Å². The normalized spacial score (nSPS) is 17.0. The van der Waals surface area contributed by atoms with Crippen LogP contribution in [-0.4, -0.2) is 43.2 Å². The van der Waals surface area contributed by atoms with Crippen LogP contribution in [0.1, 0.15) is 22.6 Å². The summed E-state index contributed by atoms with van der Waals surface area (Å²) in [6.45, 7) is 4.54. The Bertz CT molecular complexity index is 911. The molecule has 26 heavy (non-hydrogen) atoms. The number of likely N-dealkylation sites (tertiary alicyclic amines) is 1. The Labute approximate surface area is 153 Å². The summed E-state index contributed by atoms with van der Waals surface area (Å²) in [4.78, 5) is 19.2. The number of aryl methyl sites for hydroxylation is 2. The van der Waals surface area contributed by atoms with Crippen molar-refractivity contribution in [3.05, 3.63) is 60.2 Å². The van der Waals surface area contributed by atoms with Crippen LogP contribution in [-0.2, 0) is 13.6 Å².